The van der Waals surface area contributed by atoms with Crippen LogP contribution in [0.1, 0.15) is 17.1 Å². The van der Waals surface area contributed by atoms with Crippen molar-refractivity contribution in [2.24, 2.45) is 0 Å². The Kier molecular flexibility index (Phi) is 4.95. The van der Waals surface area contributed by atoms with Crippen LogP contribution in [-0.4, -0.2) is 25.7 Å². The standard InChI is InChI=1S/C21H18ClN5O/c1-14-16(21(22)27(26-14)15-7-3-2-4-8-15)11-12-20(28)23-13-19-24-17-9-5-6-10-18(17)25-19/h2-12H,13H2,1H3,(H,23,28)(H,24,25). The summed E-state index contributed by atoms with van der Waals surface area (Å²) in [6.07, 6.45) is 3.13. The maximum atomic E-state index is 12.2. The van der Waals surface area contributed by atoms with Crippen molar-refractivity contribution in [3.8, 4) is 5.69 Å². The summed E-state index contributed by atoms with van der Waals surface area (Å²) in [6.45, 7) is 2.17. The van der Waals surface area contributed by atoms with Gasteiger partial charge in [0.25, 0.3) is 0 Å². The predicted octanol–water partition coefficient (Wildman–Crippen LogP) is 4.04. The monoisotopic (exact) mass is 391 g/mol. The number of benzene rings is 2. The van der Waals surface area contributed by atoms with E-state index in [2.05, 4.69) is 20.4 Å². The first-order valence-corrected chi connectivity index (χ1v) is 9.19. The molecule has 0 saturated heterocycles. The van der Waals surface area contributed by atoms with Crippen LogP contribution in [-0.2, 0) is 11.3 Å². The summed E-state index contributed by atoms with van der Waals surface area (Å²) in [5.41, 5.74) is 4.14. The molecule has 0 bridgehead atoms. The third kappa shape index (κ3) is 3.68. The molecule has 0 atom stereocenters. The van der Waals surface area contributed by atoms with Gasteiger partial charge in [0.1, 0.15) is 11.0 Å². The summed E-state index contributed by atoms with van der Waals surface area (Å²) in [5, 5.41) is 7.74. The number of fused-ring (bicyclic) bond motifs is 1. The van der Waals surface area contributed by atoms with Gasteiger partial charge < -0.3 is 10.3 Å². The van der Waals surface area contributed by atoms with E-state index < -0.39 is 0 Å². The molecule has 1 amide bonds. The summed E-state index contributed by atoms with van der Waals surface area (Å²) in [6, 6.07) is 17.4. The molecular formula is C21H18ClN5O. The van der Waals surface area contributed by atoms with Crippen LogP contribution >= 0.6 is 11.6 Å². The van der Waals surface area contributed by atoms with Crippen molar-refractivity contribution in [3.63, 3.8) is 0 Å². The molecule has 0 aliphatic rings. The molecule has 28 heavy (non-hydrogen) atoms. The average molecular weight is 392 g/mol. The first-order valence-electron chi connectivity index (χ1n) is 8.82. The fraction of sp³-hybridized carbons (Fsp3) is 0.0952. The second kappa shape index (κ2) is 7.70. The number of hydrogen-bond donors (Lipinski definition) is 2. The van der Waals surface area contributed by atoms with Gasteiger partial charge in [-0.05, 0) is 37.3 Å². The van der Waals surface area contributed by atoms with E-state index in [4.69, 9.17) is 11.6 Å². The Morgan fingerprint density at radius 2 is 1.93 bits per heavy atom. The molecule has 6 nitrogen and oxygen atoms in total. The van der Waals surface area contributed by atoms with Crippen LogP contribution in [0.4, 0.5) is 0 Å². The van der Waals surface area contributed by atoms with E-state index in [-0.39, 0.29) is 5.91 Å². The van der Waals surface area contributed by atoms with Gasteiger partial charge in [-0.25, -0.2) is 9.67 Å². The molecule has 2 N–H and O–H groups in total. The number of aromatic amines is 1. The lowest BCUT2D eigenvalue weighted by molar-refractivity contribution is -0.116. The number of H-pyrrole nitrogens is 1. The number of para-hydroxylation sites is 3. The number of amides is 1. The topological polar surface area (TPSA) is 75.6 Å². The highest BCUT2D eigenvalue weighted by Gasteiger charge is 2.12. The van der Waals surface area contributed by atoms with Gasteiger partial charge in [0.15, 0.2) is 0 Å². The molecule has 2 aromatic heterocycles. The van der Waals surface area contributed by atoms with Crippen molar-refractivity contribution in [2.45, 2.75) is 13.5 Å². The largest absolute Gasteiger partial charge is 0.345 e. The van der Waals surface area contributed by atoms with Crippen molar-refractivity contribution in [2.75, 3.05) is 0 Å². The van der Waals surface area contributed by atoms with Gasteiger partial charge in [0.2, 0.25) is 5.91 Å². The number of aromatic nitrogens is 4. The van der Waals surface area contributed by atoms with Crippen LogP contribution in [0.25, 0.3) is 22.8 Å². The average Bonchev–Trinajstić information content (AvgIpc) is 3.26. The number of rotatable bonds is 5. The maximum absolute atomic E-state index is 12.2. The molecule has 7 heteroatoms. The number of aryl methyl sites for hydroxylation is 1. The summed E-state index contributed by atoms with van der Waals surface area (Å²) in [7, 11) is 0. The van der Waals surface area contributed by atoms with Crippen LogP contribution in [0.2, 0.25) is 5.15 Å². The van der Waals surface area contributed by atoms with E-state index in [1.807, 2.05) is 61.5 Å². The highest BCUT2D eigenvalue weighted by atomic mass is 35.5. The molecule has 4 rings (SSSR count). The zero-order valence-electron chi connectivity index (χ0n) is 15.2. The van der Waals surface area contributed by atoms with Crippen molar-refractivity contribution < 1.29 is 4.79 Å². The second-order valence-electron chi connectivity index (χ2n) is 6.29. The Balaban J connectivity index is 1.45. The molecule has 4 aromatic rings. The lowest BCUT2D eigenvalue weighted by atomic mass is 10.2. The molecular weight excluding hydrogens is 374 g/mol. The zero-order chi connectivity index (χ0) is 19.5. The molecule has 0 aliphatic heterocycles. The Morgan fingerprint density at radius 1 is 1.18 bits per heavy atom. The fourth-order valence-corrected chi connectivity index (χ4v) is 3.25. The number of nitrogens with one attached hydrogen (secondary N) is 2. The second-order valence-corrected chi connectivity index (χ2v) is 6.65. The highest BCUT2D eigenvalue weighted by Crippen LogP contribution is 2.24. The summed E-state index contributed by atoms with van der Waals surface area (Å²) >= 11 is 6.47. The van der Waals surface area contributed by atoms with E-state index in [9.17, 15) is 4.79 Å². The van der Waals surface area contributed by atoms with Gasteiger partial charge in [-0.1, -0.05) is 41.9 Å². The third-order valence-corrected chi connectivity index (χ3v) is 4.68. The fourth-order valence-electron chi connectivity index (χ4n) is 2.92. The number of hydrogen-bond acceptors (Lipinski definition) is 3. The van der Waals surface area contributed by atoms with Crippen LogP contribution in [0.5, 0.6) is 0 Å². The Labute approximate surface area is 166 Å². The van der Waals surface area contributed by atoms with E-state index in [1.165, 1.54) is 6.08 Å². The van der Waals surface area contributed by atoms with E-state index in [1.54, 1.807) is 10.8 Å². The molecule has 2 aromatic carbocycles. The first-order chi connectivity index (χ1) is 13.6. The van der Waals surface area contributed by atoms with Crippen LogP contribution in [0.3, 0.4) is 0 Å². The highest BCUT2D eigenvalue weighted by molar-refractivity contribution is 6.31. The van der Waals surface area contributed by atoms with E-state index in [0.29, 0.717) is 23.1 Å². The number of nitrogens with zero attached hydrogens (tertiary/aromatic N) is 3. The Hall–Kier alpha value is -3.38. The maximum Gasteiger partial charge on any atom is 0.244 e. The molecule has 2 heterocycles. The smallest absolute Gasteiger partial charge is 0.244 e. The molecule has 0 spiro atoms. The normalized spacial score (nSPS) is 11.4. The van der Waals surface area contributed by atoms with Crippen molar-refractivity contribution in [1.29, 1.82) is 0 Å². The van der Waals surface area contributed by atoms with Gasteiger partial charge in [0.05, 0.1) is 29.0 Å². The van der Waals surface area contributed by atoms with Crippen LogP contribution in [0.15, 0.2) is 60.7 Å². The van der Waals surface area contributed by atoms with Crippen molar-refractivity contribution in [3.05, 3.63) is 82.9 Å². The van der Waals surface area contributed by atoms with Crippen molar-refractivity contribution in [1.82, 2.24) is 25.1 Å². The molecule has 0 radical (unpaired) electrons. The summed E-state index contributed by atoms with van der Waals surface area (Å²) < 4.78 is 1.66. The number of imidazole rings is 1. The summed E-state index contributed by atoms with van der Waals surface area (Å²) in [5.74, 6) is 0.470. The van der Waals surface area contributed by atoms with Gasteiger partial charge >= 0.3 is 0 Å². The van der Waals surface area contributed by atoms with Crippen LogP contribution in [0, 0.1) is 6.92 Å². The minimum absolute atomic E-state index is 0.233. The first kappa shape index (κ1) is 18.0. The van der Waals surface area contributed by atoms with Crippen molar-refractivity contribution >= 4 is 34.6 Å². The molecule has 140 valence electrons. The third-order valence-electron chi connectivity index (χ3n) is 4.32. The lowest BCUT2D eigenvalue weighted by Crippen LogP contribution is -2.20. The van der Waals surface area contributed by atoms with Crippen LogP contribution < -0.4 is 5.32 Å². The summed E-state index contributed by atoms with van der Waals surface area (Å²) in [4.78, 5) is 19.8. The molecule has 0 aliphatic carbocycles. The van der Waals surface area contributed by atoms with Gasteiger partial charge in [-0.3, -0.25) is 4.79 Å². The quantitative estimate of drug-likeness (QED) is 0.504. The minimum Gasteiger partial charge on any atom is -0.345 e. The number of carbonyl (C=O) groups is 1. The molecule has 0 unspecified atom stereocenters. The number of carbonyl (C=O) groups excluding carboxylic acids is 1. The SMILES string of the molecule is Cc1nn(-c2ccccc2)c(Cl)c1C=CC(=O)NCc1nc2ccccc2[nH]1. The molecule has 0 fully saturated rings. The van der Waals surface area contributed by atoms with Gasteiger partial charge in [-0.15, -0.1) is 0 Å². The molecule has 0 saturated carbocycles. The Morgan fingerprint density at radius 3 is 2.71 bits per heavy atom. The zero-order valence-corrected chi connectivity index (χ0v) is 15.9. The van der Waals surface area contributed by atoms with E-state index in [0.717, 1.165) is 22.4 Å². The Bertz CT molecular complexity index is 1130. The predicted molar refractivity (Wildman–Crippen MR) is 110 cm³/mol. The minimum atomic E-state index is -0.233. The van der Waals surface area contributed by atoms with Gasteiger partial charge in [0, 0.05) is 11.6 Å². The van der Waals surface area contributed by atoms with E-state index >= 15 is 0 Å². The number of halogens is 1. The lowest BCUT2D eigenvalue weighted by Gasteiger charge is -2.02. The van der Waals surface area contributed by atoms with Gasteiger partial charge in [-0.2, -0.15) is 5.10 Å².